The Balaban J connectivity index is 2.26. The van der Waals surface area contributed by atoms with Gasteiger partial charge in [-0.1, -0.05) is 13.8 Å². The fraction of sp³-hybridized carbons (Fsp3) is 0.500. The van der Waals surface area contributed by atoms with Gasteiger partial charge in [-0.15, -0.1) is 11.3 Å². The number of hydrogen-bond donors (Lipinski definition) is 0. The Kier molecular flexibility index (Phi) is 4.51. The van der Waals surface area contributed by atoms with Crippen molar-refractivity contribution in [1.29, 1.82) is 0 Å². The van der Waals surface area contributed by atoms with Crippen LogP contribution in [0.3, 0.4) is 0 Å². The van der Waals surface area contributed by atoms with E-state index in [4.69, 9.17) is 10.7 Å². The van der Waals surface area contributed by atoms with Gasteiger partial charge >= 0.3 is 0 Å². The summed E-state index contributed by atoms with van der Waals surface area (Å²) in [5.41, 5.74) is 2.84. The Morgan fingerprint density at radius 2 is 2.15 bits per heavy atom. The molecule has 0 saturated carbocycles. The summed E-state index contributed by atoms with van der Waals surface area (Å²) in [7, 11) is 1.57. The maximum atomic E-state index is 11.4. The van der Waals surface area contributed by atoms with Gasteiger partial charge in [-0.3, -0.25) is 0 Å². The lowest BCUT2D eigenvalue weighted by molar-refractivity contribution is 0.606. The molecule has 0 radical (unpaired) electrons. The van der Waals surface area contributed by atoms with Crippen molar-refractivity contribution in [3.63, 3.8) is 0 Å². The first-order valence-electron chi connectivity index (χ1n) is 6.19. The third kappa shape index (κ3) is 3.39. The van der Waals surface area contributed by atoms with E-state index < -0.39 is 9.05 Å². The number of aryl methyl sites for hydroxylation is 3. The fourth-order valence-corrected chi connectivity index (χ4v) is 3.40. The second-order valence-corrected chi connectivity index (χ2v) is 8.29. The Hall–Kier alpha value is -0.920. The van der Waals surface area contributed by atoms with Crippen LogP contribution in [0.5, 0.6) is 0 Å². The molecule has 0 amide bonds. The van der Waals surface area contributed by atoms with Gasteiger partial charge in [0.15, 0.2) is 5.03 Å². The van der Waals surface area contributed by atoms with Crippen LogP contribution < -0.4 is 0 Å². The predicted octanol–water partition coefficient (Wildman–Crippen LogP) is 2.94. The topological polar surface area (TPSA) is 64.8 Å². The summed E-state index contributed by atoms with van der Waals surface area (Å²) in [6.45, 7) is 6.58. The molecule has 0 aromatic carbocycles. The van der Waals surface area contributed by atoms with Crippen LogP contribution in [-0.2, 0) is 22.0 Å². The molecule has 0 aliphatic rings. The zero-order chi connectivity index (χ0) is 14.9. The first-order valence-corrected chi connectivity index (χ1v) is 9.38. The van der Waals surface area contributed by atoms with Gasteiger partial charge in [0.2, 0.25) is 0 Å². The van der Waals surface area contributed by atoms with Gasteiger partial charge in [0.1, 0.15) is 5.82 Å². The minimum Gasteiger partial charge on any atom is -0.333 e. The molecule has 0 saturated heterocycles. The molecular weight excluding hydrogens is 318 g/mol. The highest BCUT2D eigenvalue weighted by Gasteiger charge is 2.19. The summed E-state index contributed by atoms with van der Waals surface area (Å²) in [6, 6.07) is 0. The molecule has 0 bridgehead atoms. The van der Waals surface area contributed by atoms with E-state index in [0.717, 1.165) is 17.9 Å². The van der Waals surface area contributed by atoms with E-state index >= 15 is 0 Å². The van der Waals surface area contributed by atoms with Crippen LogP contribution in [0, 0.1) is 6.92 Å². The molecule has 0 aliphatic carbocycles. The molecule has 5 nitrogen and oxygen atoms in total. The maximum Gasteiger partial charge on any atom is 0.280 e. The standard InChI is InChI=1S/C12H16ClN3O2S2/c1-8(2)12-15-11(20(13,17)18)6-16(12)5-4-10-9(3)14-7-19-10/h6-8H,4-5H2,1-3H3. The molecule has 0 spiro atoms. The van der Waals surface area contributed by atoms with Crippen molar-refractivity contribution >= 4 is 31.1 Å². The fourth-order valence-electron chi connectivity index (χ4n) is 1.95. The van der Waals surface area contributed by atoms with Gasteiger partial charge in [0, 0.05) is 40.6 Å². The van der Waals surface area contributed by atoms with Crippen molar-refractivity contribution in [1.82, 2.24) is 14.5 Å². The summed E-state index contributed by atoms with van der Waals surface area (Å²) in [6.07, 6.45) is 2.31. The maximum absolute atomic E-state index is 11.4. The van der Waals surface area contributed by atoms with Crippen LogP contribution in [0.15, 0.2) is 16.7 Å². The van der Waals surface area contributed by atoms with Gasteiger partial charge < -0.3 is 4.57 Å². The summed E-state index contributed by atoms with van der Waals surface area (Å²) in [5.74, 6) is 0.858. The molecule has 8 heteroatoms. The van der Waals surface area contributed by atoms with Gasteiger partial charge in [0.05, 0.1) is 11.2 Å². The summed E-state index contributed by atoms with van der Waals surface area (Å²) in [4.78, 5) is 9.54. The number of aromatic nitrogens is 3. The Bertz CT molecular complexity index is 704. The average Bonchev–Trinajstić information content (AvgIpc) is 2.91. The minimum absolute atomic E-state index is 0.0797. The van der Waals surface area contributed by atoms with Crippen LogP contribution in [0.2, 0.25) is 0 Å². The van der Waals surface area contributed by atoms with Crippen LogP contribution in [0.4, 0.5) is 0 Å². The molecule has 0 atom stereocenters. The van der Waals surface area contributed by atoms with Crippen molar-refractivity contribution < 1.29 is 8.42 Å². The molecule has 2 rings (SSSR count). The molecule has 0 N–H and O–H groups in total. The monoisotopic (exact) mass is 333 g/mol. The van der Waals surface area contributed by atoms with E-state index in [1.54, 1.807) is 11.3 Å². The summed E-state index contributed by atoms with van der Waals surface area (Å²) in [5, 5.41) is -0.0797. The second kappa shape index (κ2) is 5.83. The summed E-state index contributed by atoms with van der Waals surface area (Å²) < 4.78 is 24.6. The minimum atomic E-state index is -3.79. The normalized spacial score (nSPS) is 12.2. The molecule has 0 unspecified atom stereocenters. The Morgan fingerprint density at radius 1 is 1.45 bits per heavy atom. The van der Waals surface area contributed by atoms with Crippen LogP contribution in [0.25, 0.3) is 0 Å². The highest BCUT2D eigenvalue weighted by molar-refractivity contribution is 8.13. The number of halogens is 1. The van der Waals surface area contributed by atoms with Crippen molar-refractivity contribution in [3.8, 4) is 0 Å². The smallest absolute Gasteiger partial charge is 0.280 e. The van der Waals surface area contributed by atoms with Crippen molar-refractivity contribution in [2.75, 3.05) is 0 Å². The highest BCUT2D eigenvalue weighted by atomic mass is 35.7. The van der Waals surface area contributed by atoms with E-state index in [-0.39, 0.29) is 10.9 Å². The predicted molar refractivity (Wildman–Crippen MR) is 79.9 cm³/mol. The molecule has 2 aromatic rings. The Labute approximate surface area is 127 Å². The molecule has 110 valence electrons. The van der Waals surface area contributed by atoms with Gasteiger partial charge in [-0.05, 0) is 6.92 Å². The van der Waals surface area contributed by atoms with Crippen LogP contribution in [0.1, 0.15) is 36.2 Å². The number of imidazole rings is 1. The number of nitrogens with zero attached hydrogens (tertiary/aromatic N) is 3. The molecule has 0 fully saturated rings. The average molecular weight is 334 g/mol. The van der Waals surface area contributed by atoms with Crippen LogP contribution >= 0.6 is 22.0 Å². The van der Waals surface area contributed by atoms with E-state index in [1.165, 1.54) is 11.1 Å². The zero-order valence-corrected chi connectivity index (χ0v) is 13.9. The quantitative estimate of drug-likeness (QED) is 0.789. The first-order chi connectivity index (χ1) is 9.29. The van der Waals surface area contributed by atoms with Gasteiger partial charge in [0.25, 0.3) is 9.05 Å². The van der Waals surface area contributed by atoms with E-state index in [2.05, 4.69) is 9.97 Å². The van der Waals surface area contributed by atoms with Gasteiger partial charge in [-0.2, -0.15) is 0 Å². The number of rotatable bonds is 5. The molecule has 2 heterocycles. The van der Waals surface area contributed by atoms with E-state index in [9.17, 15) is 8.42 Å². The van der Waals surface area contributed by atoms with Crippen molar-refractivity contribution in [2.24, 2.45) is 0 Å². The number of thiazole rings is 1. The first kappa shape index (κ1) is 15.5. The lowest BCUT2D eigenvalue weighted by atomic mass is 10.2. The number of hydrogen-bond acceptors (Lipinski definition) is 5. The second-order valence-electron chi connectivity index (χ2n) is 4.83. The third-order valence-electron chi connectivity index (χ3n) is 2.98. The molecular formula is C12H16ClN3O2S2. The van der Waals surface area contributed by atoms with Gasteiger partial charge in [-0.25, -0.2) is 18.4 Å². The molecule has 2 aromatic heterocycles. The summed E-state index contributed by atoms with van der Waals surface area (Å²) >= 11 is 1.61. The Morgan fingerprint density at radius 3 is 2.65 bits per heavy atom. The zero-order valence-electron chi connectivity index (χ0n) is 11.5. The van der Waals surface area contributed by atoms with Crippen molar-refractivity contribution in [2.45, 2.75) is 44.7 Å². The SMILES string of the molecule is Cc1ncsc1CCn1cc(S(=O)(=O)Cl)nc1C(C)C. The van der Waals surface area contributed by atoms with Crippen LogP contribution in [-0.4, -0.2) is 23.0 Å². The van der Waals surface area contributed by atoms with Crippen molar-refractivity contribution in [3.05, 3.63) is 28.1 Å². The lowest BCUT2D eigenvalue weighted by Gasteiger charge is -2.09. The molecule has 20 heavy (non-hydrogen) atoms. The largest absolute Gasteiger partial charge is 0.333 e. The molecule has 0 aliphatic heterocycles. The van der Waals surface area contributed by atoms with E-state index in [0.29, 0.717) is 6.54 Å². The third-order valence-corrected chi connectivity index (χ3v) is 5.14. The highest BCUT2D eigenvalue weighted by Crippen LogP contribution is 2.21. The van der Waals surface area contributed by atoms with E-state index in [1.807, 2.05) is 30.8 Å². The lowest BCUT2D eigenvalue weighted by Crippen LogP contribution is -2.06.